The van der Waals surface area contributed by atoms with Gasteiger partial charge in [-0.3, -0.25) is 0 Å². The van der Waals surface area contributed by atoms with Crippen LogP contribution in [-0.2, 0) is 55.4 Å². The van der Waals surface area contributed by atoms with Gasteiger partial charge in [-0.05, 0) is 54.4 Å². The molecule has 0 amide bonds. The molecule has 0 fully saturated rings. The third-order valence-electron chi connectivity index (χ3n) is 5.46. The highest BCUT2D eigenvalue weighted by molar-refractivity contribution is 6.61. The van der Waals surface area contributed by atoms with Gasteiger partial charge < -0.3 is 40.6 Å². The van der Waals surface area contributed by atoms with E-state index < -0.39 is 17.6 Å². The second kappa shape index (κ2) is 19.4. The summed E-state index contributed by atoms with van der Waals surface area (Å²) < 4.78 is 49.5. The Morgan fingerprint density at radius 2 is 1.14 bits per heavy atom. The first kappa shape index (κ1) is 33.4. The van der Waals surface area contributed by atoms with Crippen molar-refractivity contribution in [2.45, 2.75) is 73.0 Å². The average molecular weight is 551 g/mol. The Bertz CT molecular complexity index is 647. The van der Waals surface area contributed by atoms with Crippen LogP contribution in [0.4, 0.5) is 0 Å². The van der Waals surface area contributed by atoms with Crippen LogP contribution >= 0.6 is 0 Å². The fraction of sp³-hybridized carbons (Fsp3) is 0.875. The summed E-state index contributed by atoms with van der Waals surface area (Å²) >= 11 is 0. The van der Waals surface area contributed by atoms with Crippen molar-refractivity contribution in [1.82, 2.24) is 9.55 Å². The van der Waals surface area contributed by atoms with Crippen LogP contribution in [0.15, 0.2) is 6.33 Å². The summed E-state index contributed by atoms with van der Waals surface area (Å²) in [7, 11) is -3.91. The van der Waals surface area contributed by atoms with Gasteiger partial charge in [0.1, 0.15) is 0 Å². The molecule has 0 saturated heterocycles. The van der Waals surface area contributed by atoms with E-state index in [1.54, 1.807) is 7.11 Å². The summed E-state index contributed by atoms with van der Waals surface area (Å²) in [4.78, 5) is 4.78. The smallest absolute Gasteiger partial charge is 0.382 e. The Balaban J connectivity index is 3.13. The monoisotopic (exact) mass is 550 g/mol. The van der Waals surface area contributed by atoms with Crippen LogP contribution < -0.4 is 0 Å². The molecule has 0 bridgehead atoms. The maximum atomic E-state index is 6.10. The second-order valence-corrected chi connectivity index (χ2v) is 13.4. The Hall–Kier alpha value is -0.676. The molecule has 0 radical (unpaired) electrons. The highest BCUT2D eigenvalue weighted by atomic mass is 28.4. The normalized spacial score (nSPS) is 12.5. The molecular weight excluding hydrogens is 500 g/mol. The van der Waals surface area contributed by atoms with Gasteiger partial charge in [-0.15, -0.1) is 0 Å². The fourth-order valence-electron chi connectivity index (χ4n) is 4.09. The van der Waals surface area contributed by atoms with E-state index in [4.69, 9.17) is 41.0 Å². The lowest BCUT2D eigenvalue weighted by Crippen LogP contribution is -2.46. The largest absolute Gasteiger partial charge is 0.501 e. The summed E-state index contributed by atoms with van der Waals surface area (Å²) in [5.74, 6) is 0. The molecular formula is C24H50N2O8Si2. The summed E-state index contributed by atoms with van der Waals surface area (Å²) in [6.07, 6.45) is 3.32. The number of hydrogen-bond acceptors (Lipinski definition) is 9. The number of aryl methyl sites for hydroxylation is 1. The van der Waals surface area contributed by atoms with E-state index >= 15 is 0 Å². The molecule has 0 aromatic carbocycles. The Morgan fingerprint density at radius 1 is 0.667 bits per heavy atom. The van der Waals surface area contributed by atoms with Crippen LogP contribution in [0.5, 0.6) is 0 Å². The zero-order valence-corrected chi connectivity index (χ0v) is 25.6. The van der Waals surface area contributed by atoms with Gasteiger partial charge in [-0.25, -0.2) is 4.98 Å². The van der Waals surface area contributed by atoms with Gasteiger partial charge in [0.25, 0.3) is 0 Å². The van der Waals surface area contributed by atoms with E-state index in [9.17, 15) is 0 Å². The van der Waals surface area contributed by atoms with E-state index in [0.717, 1.165) is 17.8 Å². The molecule has 10 nitrogen and oxygen atoms in total. The first-order valence-electron chi connectivity index (χ1n) is 13.4. The standard InChI is InChI=1S/C24H50N2O8Si2/c1-8-29-35(30-9-2,31-10-3)20-14-23-24(26(22-25-23)16-17-28-19-18-27-7)15-21-36(32-11-4,33-12-5)34-13-6/h22H,8-21H2,1-7H3. The zero-order chi connectivity index (χ0) is 26.7. The van der Waals surface area contributed by atoms with Gasteiger partial charge in [-0.2, -0.15) is 0 Å². The Kier molecular flexibility index (Phi) is 18.0. The fourth-order valence-corrected chi connectivity index (χ4v) is 9.18. The number of nitrogens with zero attached hydrogens (tertiary/aromatic N) is 2. The van der Waals surface area contributed by atoms with Gasteiger partial charge in [-0.1, -0.05) is 0 Å². The van der Waals surface area contributed by atoms with E-state index in [0.29, 0.717) is 84.5 Å². The first-order chi connectivity index (χ1) is 17.5. The third-order valence-corrected chi connectivity index (χ3v) is 11.6. The lowest BCUT2D eigenvalue weighted by molar-refractivity contribution is 0.0659. The van der Waals surface area contributed by atoms with Crippen molar-refractivity contribution < 1.29 is 36.0 Å². The van der Waals surface area contributed by atoms with Crippen molar-refractivity contribution in [2.24, 2.45) is 0 Å². The predicted molar refractivity (Wildman–Crippen MR) is 143 cm³/mol. The molecule has 1 heterocycles. The molecule has 1 aromatic rings. The van der Waals surface area contributed by atoms with E-state index in [-0.39, 0.29) is 0 Å². The van der Waals surface area contributed by atoms with Gasteiger partial charge in [0, 0.05) is 71.1 Å². The van der Waals surface area contributed by atoms with Crippen molar-refractivity contribution in [1.29, 1.82) is 0 Å². The minimum Gasteiger partial charge on any atom is -0.382 e. The minimum atomic E-state index is -2.80. The molecule has 212 valence electrons. The predicted octanol–water partition coefficient (Wildman–Crippen LogP) is 3.73. The topological polar surface area (TPSA) is 91.7 Å². The van der Waals surface area contributed by atoms with Crippen molar-refractivity contribution in [2.75, 3.05) is 66.6 Å². The van der Waals surface area contributed by atoms with Gasteiger partial charge in [0.05, 0.1) is 31.8 Å². The summed E-state index contributed by atoms with van der Waals surface area (Å²) in [6, 6.07) is 1.35. The molecule has 0 atom stereocenters. The lowest BCUT2D eigenvalue weighted by atomic mass is 10.2. The van der Waals surface area contributed by atoms with E-state index in [1.807, 2.05) is 47.9 Å². The van der Waals surface area contributed by atoms with Crippen LogP contribution in [0.1, 0.15) is 52.9 Å². The Morgan fingerprint density at radius 3 is 1.58 bits per heavy atom. The molecule has 0 aliphatic rings. The van der Waals surface area contributed by atoms with E-state index in [2.05, 4.69) is 4.57 Å². The van der Waals surface area contributed by atoms with Crippen LogP contribution in [-0.4, -0.2) is 93.7 Å². The second-order valence-electron chi connectivity index (χ2n) is 7.90. The summed E-state index contributed by atoms with van der Waals surface area (Å²) in [5.41, 5.74) is 2.14. The molecule has 0 spiro atoms. The van der Waals surface area contributed by atoms with Crippen LogP contribution in [0.3, 0.4) is 0 Å². The summed E-state index contributed by atoms with van der Waals surface area (Å²) in [5, 5.41) is 0. The van der Waals surface area contributed by atoms with Crippen molar-refractivity contribution in [3.63, 3.8) is 0 Å². The number of ether oxygens (including phenoxy) is 2. The number of methoxy groups -OCH3 is 1. The van der Waals surface area contributed by atoms with Gasteiger partial charge >= 0.3 is 17.6 Å². The highest BCUT2D eigenvalue weighted by Crippen LogP contribution is 2.24. The quantitative estimate of drug-likeness (QED) is 0.141. The maximum absolute atomic E-state index is 6.10. The van der Waals surface area contributed by atoms with Gasteiger partial charge in [0.15, 0.2) is 0 Å². The first-order valence-corrected chi connectivity index (χ1v) is 17.3. The molecule has 1 rings (SSSR count). The average Bonchev–Trinajstić information content (AvgIpc) is 3.24. The lowest BCUT2D eigenvalue weighted by Gasteiger charge is -2.29. The molecule has 0 aliphatic carbocycles. The number of aromatic nitrogens is 2. The van der Waals surface area contributed by atoms with Crippen LogP contribution in [0.25, 0.3) is 0 Å². The minimum absolute atomic E-state index is 0.552. The molecule has 1 aromatic heterocycles. The molecule has 0 saturated carbocycles. The molecule has 0 unspecified atom stereocenters. The van der Waals surface area contributed by atoms with Gasteiger partial charge in [0.2, 0.25) is 0 Å². The number of hydrogen-bond donors (Lipinski definition) is 0. The van der Waals surface area contributed by atoms with Crippen molar-refractivity contribution in [3.8, 4) is 0 Å². The Labute approximate surface area is 220 Å². The zero-order valence-electron chi connectivity index (χ0n) is 23.6. The number of rotatable bonds is 24. The molecule has 12 heteroatoms. The SMILES string of the molecule is CCO[Si](CCc1ncn(CCOCCOC)c1CC[Si](OCC)(OCC)OCC)(OCC)OCC. The van der Waals surface area contributed by atoms with Crippen LogP contribution in [0, 0.1) is 0 Å². The maximum Gasteiger partial charge on any atom is 0.501 e. The van der Waals surface area contributed by atoms with Crippen molar-refractivity contribution in [3.05, 3.63) is 17.7 Å². The third kappa shape index (κ3) is 11.4. The number of imidazole rings is 1. The van der Waals surface area contributed by atoms with Crippen molar-refractivity contribution >= 4 is 17.6 Å². The molecule has 0 N–H and O–H groups in total. The van der Waals surface area contributed by atoms with E-state index in [1.165, 1.54) is 0 Å². The molecule has 0 aliphatic heterocycles. The molecule has 36 heavy (non-hydrogen) atoms. The highest BCUT2D eigenvalue weighted by Gasteiger charge is 2.42. The van der Waals surface area contributed by atoms with Crippen LogP contribution in [0.2, 0.25) is 12.1 Å². The summed E-state index contributed by atoms with van der Waals surface area (Å²) in [6.45, 7) is 17.6.